The molecule has 3 amide bonds. The first-order valence-electron chi connectivity index (χ1n) is 10.2. The molecule has 33 heavy (non-hydrogen) atoms. The number of carbonyl (C=O) groups is 2. The lowest BCUT2D eigenvalue weighted by atomic mass is 10.0. The molecule has 4 rings (SSSR count). The van der Waals surface area contributed by atoms with Crippen LogP contribution in [0.4, 0.5) is 14.9 Å². The van der Waals surface area contributed by atoms with Crippen LogP contribution < -0.4 is 11.1 Å². The number of fused-ring (bicyclic) bond motifs is 1. The highest BCUT2D eigenvalue weighted by molar-refractivity contribution is 6.31. The summed E-state index contributed by atoms with van der Waals surface area (Å²) in [4.78, 5) is 27.0. The van der Waals surface area contributed by atoms with E-state index in [0.29, 0.717) is 41.2 Å². The predicted octanol–water partition coefficient (Wildman–Crippen LogP) is 4.31. The zero-order valence-electron chi connectivity index (χ0n) is 17.7. The molecule has 2 heterocycles. The smallest absolute Gasteiger partial charge is 0.322 e. The SMILES string of the molecule is CCC1CN(C(=O)Nc2ccc(C#N)cc2)Cc2c(C(N)=O)c(-c3ccc(F)c(Cl)c3)nn21. The molecule has 1 aliphatic rings. The number of aromatic nitrogens is 2. The van der Waals surface area contributed by atoms with Crippen LogP contribution in [-0.2, 0) is 6.54 Å². The molecule has 0 saturated carbocycles. The molecule has 0 radical (unpaired) electrons. The van der Waals surface area contributed by atoms with Crippen LogP contribution in [0, 0.1) is 17.1 Å². The van der Waals surface area contributed by atoms with Crippen molar-refractivity contribution >= 4 is 29.2 Å². The Labute approximate surface area is 194 Å². The van der Waals surface area contributed by atoms with Gasteiger partial charge >= 0.3 is 6.03 Å². The molecule has 0 fully saturated rings. The first-order chi connectivity index (χ1) is 15.8. The largest absolute Gasteiger partial charge is 0.365 e. The summed E-state index contributed by atoms with van der Waals surface area (Å²) in [5.74, 6) is -1.28. The molecular weight excluding hydrogens is 447 g/mol. The minimum absolute atomic E-state index is 0.0932. The Bertz CT molecular complexity index is 1280. The molecule has 1 aliphatic heterocycles. The standard InChI is InChI=1S/C23H20ClFN6O2/c1-2-16-11-30(23(33)28-15-6-3-13(10-26)4-7-15)12-19-20(22(27)32)21(29-31(16)19)14-5-8-18(25)17(24)9-14/h3-9,16H,2,11-12H2,1H3,(H2,27,32)(H,28,33). The number of nitrogens with zero attached hydrogens (tertiary/aromatic N) is 4. The fourth-order valence-corrected chi connectivity index (χ4v) is 4.07. The fraction of sp³-hybridized carbons (Fsp3) is 0.217. The van der Waals surface area contributed by atoms with Crippen LogP contribution in [0.1, 0.15) is 41.0 Å². The molecule has 1 atom stereocenters. The van der Waals surface area contributed by atoms with E-state index in [-0.39, 0.29) is 29.2 Å². The number of nitrogens with two attached hydrogens (primary N) is 1. The molecule has 0 bridgehead atoms. The second kappa shape index (κ2) is 8.92. The quantitative estimate of drug-likeness (QED) is 0.595. The summed E-state index contributed by atoms with van der Waals surface area (Å²) in [6, 6.07) is 12.1. The molecule has 2 aromatic carbocycles. The van der Waals surface area contributed by atoms with Gasteiger partial charge in [0, 0.05) is 17.8 Å². The summed E-state index contributed by atoms with van der Waals surface area (Å²) in [7, 11) is 0. The molecule has 0 aliphatic carbocycles. The third kappa shape index (κ3) is 4.25. The second-order valence-corrected chi connectivity index (χ2v) is 8.08. The van der Waals surface area contributed by atoms with Crippen LogP contribution in [0.2, 0.25) is 5.02 Å². The van der Waals surface area contributed by atoms with Crippen LogP contribution >= 0.6 is 11.6 Å². The molecule has 3 N–H and O–H groups in total. The van der Waals surface area contributed by atoms with Crippen LogP contribution in [0.3, 0.4) is 0 Å². The van der Waals surface area contributed by atoms with Gasteiger partial charge in [-0.15, -0.1) is 0 Å². The summed E-state index contributed by atoms with van der Waals surface area (Å²) < 4.78 is 15.4. The number of anilines is 1. The van der Waals surface area contributed by atoms with Gasteiger partial charge in [-0.2, -0.15) is 10.4 Å². The molecule has 168 valence electrons. The minimum atomic E-state index is -0.698. The van der Waals surface area contributed by atoms with Crippen LogP contribution in [0.25, 0.3) is 11.3 Å². The number of rotatable bonds is 4. The number of urea groups is 1. The van der Waals surface area contributed by atoms with Gasteiger partial charge in [0.15, 0.2) is 0 Å². The first-order valence-corrected chi connectivity index (χ1v) is 10.6. The number of nitrogens with one attached hydrogen (secondary N) is 1. The van der Waals surface area contributed by atoms with E-state index in [9.17, 15) is 14.0 Å². The Hall–Kier alpha value is -3.90. The van der Waals surface area contributed by atoms with Crippen LogP contribution in [-0.4, -0.2) is 33.2 Å². The Kier molecular flexibility index (Phi) is 6.03. The predicted molar refractivity (Wildman–Crippen MR) is 121 cm³/mol. The molecule has 1 unspecified atom stereocenters. The zero-order valence-corrected chi connectivity index (χ0v) is 18.4. The third-order valence-corrected chi connectivity index (χ3v) is 5.88. The molecule has 3 aromatic rings. The van der Waals surface area contributed by atoms with E-state index in [0.717, 1.165) is 0 Å². The van der Waals surface area contributed by atoms with Crippen molar-refractivity contribution in [3.8, 4) is 17.3 Å². The van der Waals surface area contributed by atoms with Gasteiger partial charge in [-0.3, -0.25) is 9.48 Å². The molecule has 0 saturated heterocycles. The zero-order chi connectivity index (χ0) is 23.7. The van der Waals surface area contributed by atoms with Crippen LogP contribution in [0.5, 0.6) is 0 Å². The summed E-state index contributed by atoms with van der Waals surface area (Å²) in [5, 5.41) is 16.3. The van der Waals surface area contributed by atoms with Crippen molar-refractivity contribution in [2.75, 3.05) is 11.9 Å². The normalized spacial score (nSPS) is 15.0. The average molecular weight is 467 g/mol. The number of hydrogen-bond acceptors (Lipinski definition) is 4. The Balaban J connectivity index is 1.69. The second-order valence-electron chi connectivity index (χ2n) is 7.67. The van der Waals surface area contributed by atoms with E-state index in [4.69, 9.17) is 22.6 Å². The summed E-state index contributed by atoms with van der Waals surface area (Å²) in [6.07, 6.45) is 0.650. The van der Waals surface area contributed by atoms with E-state index >= 15 is 0 Å². The number of amides is 3. The van der Waals surface area contributed by atoms with Gasteiger partial charge in [0.1, 0.15) is 11.5 Å². The number of carbonyl (C=O) groups excluding carboxylic acids is 2. The van der Waals surface area contributed by atoms with Gasteiger partial charge in [-0.25, -0.2) is 9.18 Å². The van der Waals surface area contributed by atoms with Gasteiger partial charge < -0.3 is 16.0 Å². The van der Waals surface area contributed by atoms with Gasteiger partial charge in [0.25, 0.3) is 5.91 Å². The lowest BCUT2D eigenvalue weighted by Gasteiger charge is -2.33. The van der Waals surface area contributed by atoms with Crippen molar-refractivity contribution in [3.05, 3.63) is 70.1 Å². The lowest BCUT2D eigenvalue weighted by Crippen LogP contribution is -2.43. The van der Waals surface area contributed by atoms with Gasteiger partial charge in [0.05, 0.1) is 40.5 Å². The van der Waals surface area contributed by atoms with E-state index in [1.807, 2.05) is 13.0 Å². The van der Waals surface area contributed by atoms with Crippen molar-refractivity contribution in [1.29, 1.82) is 5.26 Å². The highest BCUT2D eigenvalue weighted by Gasteiger charge is 2.34. The van der Waals surface area contributed by atoms with E-state index in [1.54, 1.807) is 33.8 Å². The number of hydrogen-bond donors (Lipinski definition) is 2. The molecule has 10 heteroatoms. The number of halogens is 2. The van der Waals surface area contributed by atoms with Crippen LogP contribution in [0.15, 0.2) is 42.5 Å². The fourth-order valence-electron chi connectivity index (χ4n) is 3.89. The maximum Gasteiger partial charge on any atom is 0.322 e. The lowest BCUT2D eigenvalue weighted by molar-refractivity contribution is 0.0996. The molecule has 1 aromatic heterocycles. The van der Waals surface area contributed by atoms with Crippen molar-refractivity contribution in [3.63, 3.8) is 0 Å². The molecule has 8 nitrogen and oxygen atoms in total. The van der Waals surface area contributed by atoms with Crippen molar-refractivity contribution < 1.29 is 14.0 Å². The molecular formula is C23H20ClFN6O2. The average Bonchev–Trinajstić information content (AvgIpc) is 3.20. The maximum absolute atomic E-state index is 13.7. The van der Waals surface area contributed by atoms with Crippen molar-refractivity contribution in [1.82, 2.24) is 14.7 Å². The summed E-state index contributed by atoms with van der Waals surface area (Å²) in [6.45, 7) is 2.43. The first kappa shape index (κ1) is 22.3. The van der Waals surface area contributed by atoms with Gasteiger partial charge in [-0.1, -0.05) is 18.5 Å². The minimum Gasteiger partial charge on any atom is -0.365 e. The monoisotopic (exact) mass is 466 g/mol. The Morgan fingerprint density at radius 1 is 1.30 bits per heavy atom. The maximum atomic E-state index is 13.7. The van der Waals surface area contributed by atoms with Gasteiger partial charge in [0.2, 0.25) is 0 Å². The number of primary amides is 1. The van der Waals surface area contributed by atoms with E-state index in [1.165, 1.54) is 18.2 Å². The number of benzene rings is 2. The molecule has 0 spiro atoms. The van der Waals surface area contributed by atoms with E-state index in [2.05, 4.69) is 10.4 Å². The summed E-state index contributed by atoms with van der Waals surface area (Å²) >= 11 is 5.93. The summed E-state index contributed by atoms with van der Waals surface area (Å²) in [5.41, 5.74) is 8.17. The highest BCUT2D eigenvalue weighted by atomic mass is 35.5. The Morgan fingerprint density at radius 2 is 2.03 bits per heavy atom. The van der Waals surface area contributed by atoms with Gasteiger partial charge in [-0.05, 0) is 48.9 Å². The van der Waals surface area contributed by atoms with Crippen molar-refractivity contribution in [2.24, 2.45) is 5.73 Å². The van der Waals surface area contributed by atoms with Crippen molar-refractivity contribution in [2.45, 2.75) is 25.9 Å². The van der Waals surface area contributed by atoms with E-state index < -0.39 is 11.7 Å². The number of nitriles is 1. The third-order valence-electron chi connectivity index (χ3n) is 5.59. The Morgan fingerprint density at radius 3 is 2.64 bits per heavy atom. The topological polar surface area (TPSA) is 117 Å². The highest BCUT2D eigenvalue weighted by Crippen LogP contribution is 2.34.